The van der Waals surface area contributed by atoms with Crippen LogP contribution in [0.4, 0.5) is 0 Å². The van der Waals surface area contributed by atoms with E-state index in [1.54, 1.807) is 0 Å². The van der Waals surface area contributed by atoms with Crippen LogP contribution in [0.25, 0.3) is 0 Å². The molecule has 0 saturated heterocycles. The zero-order chi connectivity index (χ0) is 12.0. The van der Waals surface area contributed by atoms with Crippen molar-refractivity contribution in [3.63, 3.8) is 0 Å². The zero-order valence-corrected chi connectivity index (χ0v) is 11.6. The van der Waals surface area contributed by atoms with E-state index >= 15 is 0 Å². The van der Waals surface area contributed by atoms with Crippen LogP contribution in [0.2, 0.25) is 0 Å². The summed E-state index contributed by atoms with van der Waals surface area (Å²) in [6, 6.07) is 11.3. The summed E-state index contributed by atoms with van der Waals surface area (Å²) in [6.45, 7) is 6.81. The van der Waals surface area contributed by atoms with Gasteiger partial charge in [0, 0.05) is 16.5 Å². The summed E-state index contributed by atoms with van der Waals surface area (Å²) >= 11 is 2.02. The molecule has 1 atom stereocenters. The molecule has 0 heterocycles. The van der Waals surface area contributed by atoms with Crippen LogP contribution in [0, 0.1) is 0 Å². The van der Waals surface area contributed by atoms with E-state index in [0.29, 0.717) is 10.8 Å². The van der Waals surface area contributed by atoms with E-state index in [0.717, 1.165) is 12.2 Å². The quantitative estimate of drug-likeness (QED) is 0.843. The maximum Gasteiger partial charge on any atom is 0.0195 e. The molecular weight excluding hydrogens is 214 g/mol. The summed E-state index contributed by atoms with van der Waals surface area (Å²) in [4.78, 5) is 0. The summed E-state index contributed by atoms with van der Waals surface area (Å²) in [5, 5.41) is 3.40. The van der Waals surface area contributed by atoms with Gasteiger partial charge < -0.3 is 5.32 Å². The molecule has 0 spiro atoms. The van der Waals surface area contributed by atoms with Gasteiger partial charge in [-0.15, -0.1) is 0 Å². The first-order valence-electron chi connectivity index (χ1n) is 5.86. The number of nitrogens with one attached hydrogen (secondary N) is 1. The molecule has 0 fully saturated rings. The molecule has 0 saturated carbocycles. The van der Waals surface area contributed by atoms with Crippen LogP contribution >= 0.6 is 11.8 Å². The van der Waals surface area contributed by atoms with Gasteiger partial charge in [-0.3, -0.25) is 0 Å². The van der Waals surface area contributed by atoms with Crippen molar-refractivity contribution in [1.82, 2.24) is 5.32 Å². The van der Waals surface area contributed by atoms with E-state index in [4.69, 9.17) is 0 Å². The Morgan fingerprint density at radius 1 is 1.19 bits per heavy atom. The maximum absolute atomic E-state index is 3.40. The van der Waals surface area contributed by atoms with Gasteiger partial charge in [-0.05, 0) is 19.0 Å². The Morgan fingerprint density at radius 2 is 1.81 bits per heavy atom. The van der Waals surface area contributed by atoms with Gasteiger partial charge in [0.25, 0.3) is 0 Å². The molecular formula is C14H23NS. The third-order valence-corrected chi connectivity index (χ3v) is 3.89. The Morgan fingerprint density at radius 3 is 2.31 bits per heavy atom. The van der Waals surface area contributed by atoms with Crippen LogP contribution in [0.15, 0.2) is 30.3 Å². The predicted octanol–water partition coefficient (Wildman–Crippen LogP) is 3.35. The van der Waals surface area contributed by atoms with E-state index in [2.05, 4.69) is 63.5 Å². The van der Waals surface area contributed by atoms with Gasteiger partial charge >= 0.3 is 0 Å². The predicted molar refractivity (Wildman–Crippen MR) is 75.2 cm³/mol. The first kappa shape index (κ1) is 13.6. The fraction of sp³-hybridized carbons (Fsp3) is 0.571. The van der Waals surface area contributed by atoms with Crippen LogP contribution in [0.1, 0.15) is 26.3 Å². The topological polar surface area (TPSA) is 12.0 Å². The van der Waals surface area contributed by atoms with E-state index in [9.17, 15) is 0 Å². The van der Waals surface area contributed by atoms with Crippen molar-refractivity contribution in [2.24, 2.45) is 0 Å². The van der Waals surface area contributed by atoms with Gasteiger partial charge in [0.15, 0.2) is 0 Å². The maximum atomic E-state index is 3.40. The molecule has 1 aromatic carbocycles. The van der Waals surface area contributed by atoms with Gasteiger partial charge in [-0.1, -0.05) is 51.1 Å². The number of rotatable bonds is 5. The lowest BCUT2D eigenvalue weighted by molar-refractivity contribution is 0.613. The second-order valence-corrected chi connectivity index (χ2v) is 6.95. The first-order chi connectivity index (χ1) is 7.51. The van der Waals surface area contributed by atoms with Crippen molar-refractivity contribution in [1.29, 1.82) is 0 Å². The van der Waals surface area contributed by atoms with Crippen LogP contribution in [0.5, 0.6) is 0 Å². The second kappa shape index (κ2) is 6.31. The number of hydrogen-bond donors (Lipinski definition) is 1. The molecule has 1 N–H and O–H groups in total. The number of hydrogen-bond acceptors (Lipinski definition) is 2. The minimum atomic E-state index is 0.353. The zero-order valence-electron chi connectivity index (χ0n) is 10.8. The van der Waals surface area contributed by atoms with Crippen LogP contribution in [-0.2, 0) is 6.42 Å². The minimum absolute atomic E-state index is 0.353. The van der Waals surface area contributed by atoms with E-state index in [1.165, 1.54) is 5.56 Å². The fourth-order valence-electron chi connectivity index (χ4n) is 1.49. The van der Waals surface area contributed by atoms with Gasteiger partial charge in [-0.25, -0.2) is 0 Å². The second-order valence-electron chi connectivity index (χ2n) is 5.10. The molecule has 0 aliphatic rings. The van der Waals surface area contributed by atoms with Crippen molar-refractivity contribution in [3.05, 3.63) is 35.9 Å². The third kappa shape index (κ3) is 5.57. The highest BCUT2D eigenvalue weighted by atomic mass is 32.2. The van der Waals surface area contributed by atoms with Crippen molar-refractivity contribution >= 4 is 11.8 Å². The molecule has 0 amide bonds. The summed E-state index contributed by atoms with van der Waals surface area (Å²) in [5.74, 6) is 1.16. The molecule has 0 aliphatic carbocycles. The first-order valence-corrected chi connectivity index (χ1v) is 6.85. The summed E-state index contributed by atoms with van der Waals surface area (Å²) < 4.78 is 0.353. The van der Waals surface area contributed by atoms with Gasteiger partial charge in [0.2, 0.25) is 0 Å². The lowest BCUT2D eigenvalue weighted by Gasteiger charge is -2.22. The Balaban J connectivity index is 2.44. The highest BCUT2D eigenvalue weighted by Gasteiger charge is 2.14. The van der Waals surface area contributed by atoms with Crippen molar-refractivity contribution in [2.75, 3.05) is 12.8 Å². The largest absolute Gasteiger partial charge is 0.316 e. The highest BCUT2D eigenvalue weighted by molar-refractivity contribution is 8.00. The van der Waals surface area contributed by atoms with E-state index in [-0.39, 0.29) is 0 Å². The lowest BCUT2D eigenvalue weighted by atomic mass is 10.1. The molecule has 90 valence electrons. The monoisotopic (exact) mass is 237 g/mol. The van der Waals surface area contributed by atoms with Gasteiger partial charge in [0.05, 0.1) is 0 Å². The Labute approximate surface area is 104 Å². The molecule has 1 rings (SSSR count). The molecule has 1 unspecified atom stereocenters. The summed E-state index contributed by atoms with van der Waals surface area (Å²) in [5.41, 5.74) is 1.41. The van der Waals surface area contributed by atoms with Gasteiger partial charge in [-0.2, -0.15) is 11.8 Å². The van der Waals surface area contributed by atoms with Crippen LogP contribution in [-0.4, -0.2) is 23.6 Å². The van der Waals surface area contributed by atoms with Crippen molar-refractivity contribution in [2.45, 2.75) is 38.0 Å². The van der Waals surface area contributed by atoms with Crippen molar-refractivity contribution < 1.29 is 0 Å². The molecule has 1 aromatic rings. The molecule has 0 aromatic heterocycles. The molecule has 0 aliphatic heterocycles. The van der Waals surface area contributed by atoms with E-state index < -0.39 is 0 Å². The normalized spacial score (nSPS) is 13.8. The fourth-order valence-corrected chi connectivity index (χ4v) is 2.48. The average molecular weight is 237 g/mol. The average Bonchev–Trinajstić information content (AvgIpc) is 2.24. The molecule has 16 heavy (non-hydrogen) atoms. The third-order valence-electron chi connectivity index (χ3n) is 2.45. The number of benzene rings is 1. The minimum Gasteiger partial charge on any atom is -0.316 e. The Hall–Kier alpha value is -0.470. The number of likely N-dealkylation sites (N-methyl/N-ethyl adjacent to an activating group) is 1. The Kier molecular flexibility index (Phi) is 5.36. The summed E-state index contributed by atoms with van der Waals surface area (Å²) in [6.07, 6.45) is 1.11. The SMILES string of the molecule is CNC(CSC(C)(C)C)Cc1ccccc1. The standard InChI is InChI=1S/C14H23NS/c1-14(2,3)16-11-13(15-4)10-12-8-6-5-7-9-12/h5-9,13,15H,10-11H2,1-4H3. The molecule has 1 nitrogen and oxygen atoms in total. The molecule has 0 bridgehead atoms. The van der Waals surface area contributed by atoms with Crippen LogP contribution < -0.4 is 5.32 Å². The molecule has 0 radical (unpaired) electrons. The Bertz CT molecular complexity index is 289. The highest BCUT2D eigenvalue weighted by Crippen LogP contribution is 2.24. The summed E-state index contributed by atoms with van der Waals surface area (Å²) in [7, 11) is 2.05. The smallest absolute Gasteiger partial charge is 0.0195 e. The van der Waals surface area contributed by atoms with Gasteiger partial charge in [0.1, 0.15) is 0 Å². The van der Waals surface area contributed by atoms with Crippen LogP contribution in [0.3, 0.4) is 0 Å². The van der Waals surface area contributed by atoms with E-state index in [1.807, 2.05) is 11.8 Å². The molecule has 2 heteroatoms. The van der Waals surface area contributed by atoms with Crippen molar-refractivity contribution in [3.8, 4) is 0 Å². The lowest BCUT2D eigenvalue weighted by Crippen LogP contribution is -2.31. The number of thioether (sulfide) groups is 1.